The first-order chi connectivity index (χ1) is 13.0. The van der Waals surface area contributed by atoms with Crippen LogP contribution in [0.1, 0.15) is 12.0 Å². The van der Waals surface area contributed by atoms with E-state index in [0.717, 1.165) is 5.56 Å². The Hall–Kier alpha value is -3.10. The number of hydrogen-bond acceptors (Lipinski definition) is 5. The molecule has 0 radical (unpaired) electrons. The predicted octanol–water partition coefficient (Wildman–Crippen LogP) is 3.43. The molecule has 0 saturated carbocycles. The lowest BCUT2D eigenvalue weighted by molar-refractivity contribution is -0.0500. The van der Waals surface area contributed by atoms with Crippen molar-refractivity contribution in [2.45, 2.75) is 25.7 Å². The van der Waals surface area contributed by atoms with Gasteiger partial charge < -0.3 is 24.8 Å². The zero-order valence-electron chi connectivity index (χ0n) is 14.3. The van der Waals surface area contributed by atoms with Gasteiger partial charge in [-0.25, -0.2) is 4.79 Å². The van der Waals surface area contributed by atoms with E-state index in [1.807, 2.05) is 30.3 Å². The van der Waals surface area contributed by atoms with Crippen molar-refractivity contribution in [2.24, 2.45) is 0 Å². The quantitative estimate of drug-likeness (QED) is 0.767. The van der Waals surface area contributed by atoms with Gasteiger partial charge in [-0.1, -0.05) is 30.3 Å². The van der Waals surface area contributed by atoms with Crippen molar-refractivity contribution in [1.82, 2.24) is 9.88 Å². The fourth-order valence-electron chi connectivity index (χ4n) is 2.76. The number of ether oxygens (including phenoxy) is 2. The summed E-state index contributed by atoms with van der Waals surface area (Å²) in [7, 11) is 0. The summed E-state index contributed by atoms with van der Waals surface area (Å²) in [5.41, 5.74) is 0.995. The highest BCUT2D eigenvalue weighted by Crippen LogP contribution is 2.26. The van der Waals surface area contributed by atoms with Gasteiger partial charge in [0.15, 0.2) is 0 Å². The zero-order chi connectivity index (χ0) is 19.2. The Morgan fingerprint density at radius 3 is 2.78 bits per heavy atom. The summed E-state index contributed by atoms with van der Waals surface area (Å²) in [4.78, 5) is 16.5. The number of anilines is 1. The number of nitrogens with one attached hydrogen (secondary N) is 1. The number of halogens is 2. The molecule has 1 amide bonds. The molecule has 1 aliphatic heterocycles. The molecular formula is C18H19F2N3O4. The van der Waals surface area contributed by atoms with Gasteiger partial charge in [0.2, 0.25) is 5.88 Å². The summed E-state index contributed by atoms with van der Waals surface area (Å²) in [5.74, 6) is 0.333. The van der Waals surface area contributed by atoms with Crippen LogP contribution in [0, 0.1) is 0 Å². The summed E-state index contributed by atoms with van der Waals surface area (Å²) < 4.78 is 35.4. The molecular weight excluding hydrogens is 360 g/mol. The second kappa shape index (κ2) is 8.52. The van der Waals surface area contributed by atoms with E-state index in [1.165, 1.54) is 17.0 Å². The van der Waals surface area contributed by atoms with Crippen molar-refractivity contribution in [3.63, 3.8) is 0 Å². The number of likely N-dealkylation sites (tertiary alicyclic amines) is 1. The highest BCUT2D eigenvalue weighted by atomic mass is 19.3. The molecule has 2 aromatic rings. The second-order valence-electron chi connectivity index (χ2n) is 6.00. The number of aromatic nitrogens is 1. The Kier molecular flexibility index (Phi) is 5.90. The maximum Gasteiger partial charge on any atom is 0.407 e. The Labute approximate surface area is 154 Å². The molecule has 1 atom stereocenters. The summed E-state index contributed by atoms with van der Waals surface area (Å²) in [5, 5.41) is 12.1. The maximum absolute atomic E-state index is 12.6. The molecule has 7 nitrogen and oxygen atoms in total. The second-order valence-corrected chi connectivity index (χ2v) is 6.00. The van der Waals surface area contributed by atoms with Crippen molar-refractivity contribution in [2.75, 3.05) is 18.4 Å². The molecule has 1 fully saturated rings. The third-order valence-corrected chi connectivity index (χ3v) is 4.02. The lowest BCUT2D eigenvalue weighted by Gasteiger charge is -2.16. The van der Waals surface area contributed by atoms with Gasteiger partial charge >= 0.3 is 12.7 Å². The largest absolute Gasteiger partial charge is 0.472 e. The Balaban J connectivity index is 1.71. The van der Waals surface area contributed by atoms with E-state index in [1.54, 1.807) is 0 Å². The predicted molar refractivity (Wildman–Crippen MR) is 93.3 cm³/mol. The minimum absolute atomic E-state index is 0.0846. The lowest BCUT2D eigenvalue weighted by Crippen LogP contribution is -2.29. The standard InChI is InChI=1S/C18H19F2N3O4/c19-17(20)27-14-8-15(21-10-12-4-2-1-3-5-12)22-16(9-14)26-13-6-7-23(11-13)18(24)25/h1-5,8-9,13,17H,6-7,10-11H2,(H,21,22)(H,24,25). The van der Waals surface area contributed by atoms with Crippen molar-refractivity contribution in [3.05, 3.63) is 48.0 Å². The molecule has 1 aromatic heterocycles. The van der Waals surface area contributed by atoms with Gasteiger partial charge in [0.25, 0.3) is 0 Å². The smallest absolute Gasteiger partial charge is 0.407 e. The third-order valence-electron chi connectivity index (χ3n) is 4.02. The van der Waals surface area contributed by atoms with Crippen LogP contribution in [0.2, 0.25) is 0 Å². The number of hydrogen-bond donors (Lipinski definition) is 2. The average molecular weight is 379 g/mol. The SMILES string of the molecule is O=C(O)N1CCC(Oc2cc(OC(F)F)cc(NCc3ccccc3)n2)C1. The van der Waals surface area contributed by atoms with Crippen LogP contribution in [0.3, 0.4) is 0 Å². The number of amides is 1. The van der Waals surface area contributed by atoms with E-state index in [0.29, 0.717) is 25.3 Å². The zero-order valence-corrected chi connectivity index (χ0v) is 14.3. The molecule has 27 heavy (non-hydrogen) atoms. The molecule has 1 saturated heterocycles. The molecule has 1 aromatic carbocycles. The average Bonchev–Trinajstić information content (AvgIpc) is 3.09. The van der Waals surface area contributed by atoms with E-state index in [-0.39, 0.29) is 18.2 Å². The molecule has 2 heterocycles. The van der Waals surface area contributed by atoms with Crippen LogP contribution in [0.15, 0.2) is 42.5 Å². The van der Waals surface area contributed by atoms with Gasteiger partial charge in [-0.2, -0.15) is 13.8 Å². The van der Waals surface area contributed by atoms with Crippen molar-refractivity contribution < 1.29 is 28.2 Å². The van der Waals surface area contributed by atoms with Crippen LogP contribution in [0.25, 0.3) is 0 Å². The summed E-state index contributed by atoms with van der Waals surface area (Å²) in [6, 6.07) is 12.1. The Morgan fingerprint density at radius 1 is 1.33 bits per heavy atom. The van der Waals surface area contributed by atoms with Gasteiger partial charge in [0, 0.05) is 31.6 Å². The van der Waals surface area contributed by atoms with Crippen LogP contribution in [-0.2, 0) is 6.54 Å². The van der Waals surface area contributed by atoms with Gasteiger partial charge in [-0.3, -0.25) is 0 Å². The number of rotatable bonds is 7. The Bertz CT molecular complexity index is 776. The van der Waals surface area contributed by atoms with Gasteiger partial charge in [-0.15, -0.1) is 0 Å². The summed E-state index contributed by atoms with van der Waals surface area (Å²) in [6.45, 7) is -1.98. The van der Waals surface area contributed by atoms with Gasteiger partial charge in [0.05, 0.1) is 6.54 Å². The number of carboxylic acid groups (broad SMARTS) is 1. The number of carbonyl (C=O) groups is 1. The summed E-state index contributed by atoms with van der Waals surface area (Å²) >= 11 is 0. The summed E-state index contributed by atoms with van der Waals surface area (Å²) in [6.07, 6.45) is -0.910. The molecule has 0 spiro atoms. The van der Waals surface area contributed by atoms with E-state index in [4.69, 9.17) is 9.84 Å². The molecule has 9 heteroatoms. The first-order valence-electron chi connectivity index (χ1n) is 8.39. The van der Waals surface area contributed by atoms with Crippen molar-refractivity contribution in [1.29, 1.82) is 0 Å². The normalized spacial score (nSPS) is 16.4. The van der Waals surface area contributed by atoms with Gasteiger partial charge in [-0.05, 0) is 5.56 Å². The molecule has 2 N–H and O–H groups in total. The highest BCUT2D eigenvalue weighted by molar-refractivity contribution is 5.65. The monoisotopic (exact) mass is 379 g/mol. The molecule has 3 rings (SSSR count). The van der Waals surface area contributed by atoms with Gasteiger partial charge in [0.1, 0.15) is 17.7 Å². The number of benzene rings is 1. The molecule has 144 valence electrons. The fraction of sp³-hybridized carbons (Fsp3) is 0.333. The van der Waals surface area contributed by atoms with E-state index in [2.05, 4.69) is 15.0 Å². The molecule has 1 aliphatic rings. The third kappa shape index (κ3) is 5.44. The first-order valence-corrected chi connectivity index (χ1v) is 8.39. The minimum Gasteiger partial charge on any atom is -0.472 e. The van der Waals surface area contributed by atoms with E-state index < -0.39 is 18.8 Å². The minimum atomic E-state index is -2.98. The van der Waals surface area contributed by atoms with E-state index >= 15 is 0 Å². The van der Waals surface area contributed by atoms with Crippen molar-refractivity contribution >= 4 is 11.9 Å². The van der Waals surface area contributed by atoms with Crippen LogP contribution >= 0.6 is 0 Å². The number of alkyl halides is 2. The molecule has 1 unspecified atom stereocenters. The van der Waals surface area contributed by atoms with E-state index in [9.17, 15) is 13.6 Å². The van der Waals surface area contributed by atoms with Crippen LogP contribution in [-0.4, -0.2) is 46.9 Å². The van der Waals surface area contributed by atoms with Crippen molar-refractivity contribution in [3.8, 4) is 11.6 Å². The van der Waals surface area contributed by atoms with Crippen LogP contribution in [0.5, 0.6) is 11.6 Å². The first kappa shape index (κ1) is 18.7. The van der Waals surface area contributed by atoms with Crippen LogP contribution < -0.4 is 14.8 Å². The fourth-order valence-corrected chi connectivity index (χ4v) is 2.76. The number of nitrogens with zero attached hydrogens (tertiary/aromatic N) is 2. The van der Waals surface area contributed by atoms with Crippen LogP contribution in [0.4, 0.5) is 19.4 Å². The highest BCUT2D eigenvalue weighted by Gasteiger charge is 2.27. The molecule has 0 bridgehead atoms. The topological polar surface area (TPSA) is 83.9 Å². The molecule has 0 aliphatic carbocycles. The lowest BCUT2D eigenvalue weighted by atomic mass is 10.2. The Morgan fingerprint density at radius 2 is 2.11 bits per heavy atom. The number of pyridine rings is 1. The maximum atomic E-state index is 12.6.